The van der Waals surface area contributed by atoms with E-state index in [9.17, 15) is 9.59 Å². The molecule has 2 nitrogen and oxygen atoms in total. The number of benzene rings is 2. The van der Waals surface area contributed by atoms with E-state index in [4.69, 9.17) is 23.2 Å². The van der Waals surface area contributed by atoms with Crippen LogP contribution in [0.1, 0.15) is 43.0 Å². The zero-order valence-electron chi connectivity index (χ0n) is 11.7. The largest absolute Gasteiger partial charge is 0.276 e. The summed E-state index contributed by atoms with van der Waals surface area (Å²) < 4.78 is 0. The van der Waals surface area contributed by atoms with Crippen molar-refractivity contribution in [1.29, 1.82) is 0 Å². The number of fused-ring (bicyclic) bond motifs is 2. The fourth-order valence-electron chi connectivity index (χ4n) is 3.55. The highest BCUT2D eigenvalue weighted by Gasteiger charge is 2.28. The van der Waals surface area contributed by atoms with E-state index in [0.29, 0.717) is 11.1 Å². The lowest BCUT2D eigenvalue weighted by Gasteiger charge is -2.29. The normalized spacial score (nSPS) is 14.5. The van der Waals surface area contributed by atoms with Gasteiger partial charge in [-0.2, -0.15) is 0 Å². The van der Waals surface area contributed by atoms with Crippen LogP contribution >= 0.6 is 23.2 Å². The molecule has 22 heavy (non-hydrogen) atoms. The summed E-state index contributed by atoms with van der Waals surface area (Å²) in [4.78, 5) is 22.9. The zero-order chi connectivity index (χ0) is 15.4. The van der Waals surface area contributed by atoms with E-state index in [1.165, 1.54) is 11.1 Å². The van der Waals surface area contributed by atoms with Crippen LogP contribution in [0, 0.1) is 0 Å². The second-order valence-electron chi connectivity index (χ2n) is 5.78. The summed E-state index contributed by atoms with van der Waals surface area (Å²) in [6, 6.07) is 7.58. The van der Waals surface area contributed by atoms with Crippen LogP contribution in [0.3, 0.4) is 0 Å². The predicted octanol–water partition coefficient (Wildman–Crippen LogP) is 4.31. The van der Waals surface area contributed by atoms with Crippen molar-refractivity contribution in [3.05, 3.63) is 57.6 Å². The quantitative estimate of drug-likeness (QED) is 0.786. The summed E-state index contributed by atoms with van der Waals surface area (Å²) in [5.74, 6) is 0. The molecular weight excluding hydrogens is 319 g/mol. The van der Waals surface area contributed by atoms with E-state index in [1.54, 1.807) is 0 Å². The van der Waals surface area contributed by atoms with E-state index in [2.05, 4.69) is 0 Å². The highest BCUT2D eigenvalue weighted by molar-refractivity contribution is 6.68. The summed E-state index contributed by atoms with van der Waals surface area (Å²) in [6.45, 7) is 0. The molecule has 0 bridgehead atoms. The van der Waals surface area contributed by atoms with Crippen molar-refractivity contribution in [3.8, 4) is 11.1 Å². The SMILES string of the molecule is O=C(Cl)c1ccc(-c2ccc(C(=O)Cl)c3c2CC3)c2c1CC2. The molecular formula is C18H12Cl2O2. The Balaban J connectivity index is 1.88. The number of hydrogen-bond donors (Lipinski definition) is 0. The monoisotopic (exact) mass is 330 g/mol. The van der Waals surface area contributed by atoms with Crippen LogP contribution in [0.5, 0.6) is 0 Å². The summed E-state index contributed by atoms with van der Waals surface area (Å²) >= 11 is 11.3. The smallest absolute Gasteiger partial charge is 0.252 e. The van der Waals surface area contributed by atoms with Gasteiger partial charge in [0.25, 0.3) is 10.5 Å². The molecule has 0 unspecified atom stereocenters. The first kappa shape index (κ1) is 14.0. The summed E-state index contributed by atoms with van der Waals surface area (Å²) in [6.07, 6.45) is 3.73. The lowest BCUT2D eigenvalue weighted by atomic mass is 9.75. The van der Waals surface area contributed by atoms with Gasteiger partial charge in [-0.1, -0.05) is 12.1 Å². The van der Waals surface area contributed by atoms with Gasteiger partial charge in [0.15, 0.2) is 0 Å². The van der Waals surface area contributed by atoms with Crippen molar-refractivity contribution >= 4 is 33.7 Å². The van der Waals surface area contributed by atoms with Gasteiger partial charge in [-0.25, -0.2) is 0 Å². The van der Waals surface area contributed by atoms with Crippen LogP contribution in [0.4, 0.5) is 0 Å². The molecule has 2 aliphatic rings. The molecule has 0 fully saturated rings. The lowest BCUT2D eigenvalue weighted by Crippen LogP contribution is -2.18. The van der Waals surface area contributed by atoms with Gasteiger partial charge < -0.3 is 0 Å². The standard InChI is InChI=1S/C18H12Cl2O2/c19-17(21)15-7-5-9(11-1-3-13(11)15)10-6-8-16(18(20)22)14-4-2-12(10)14/h5-8H,1-4H2. The summed E-state index contributed by atoms with van der Waals surface area (Å²) in [7, 11) is 0. The number of carbonyl (C=O) groups excluding carboxylic acids is 2. The van der Waals surface area contributed by atoms with E-state index >= 15 is 0 Å². The topological polar surface area (TPSA) is 34.1 Å². The van der Waals surface area contributed by atoms with Crippen molar-refractivity contribution in [2.45, 2.75) is 25.7 Å². The fourth-order valence-corrected chi connectivity index (χ4v) is 3.90. The molecule has 0 spiro atoms. The van der Waals surface area contributed by atoms with Crippen LogP contribution in [-0.2, 0) is 25.7 Å². The van der Waals surface area contributed by atoms with Crippen LogP contribution < -0.4 is 0 Å². The number of carbonyl (C=O) groups is 2. The van der Waals surface area contributed by atoms with Crippen molar-refractivity contribution in [2.24, 2.45) is 0 Å². The molecule has 2 aliphatic carbocycles. The number of hydrogen-bond acceptors (Lipinski definition) is 2. The van der Waals surface area contributed by atoms with Crippen molar-refractivity contribution in [2.75, 3.05) is 0 Å². The molecule has 0 aromatic heterocycles. The van der Waals surface area contributed by atoms with E-state index in [0.717, 1.165) is 47.9 Å². The van der Waals surface area contributed by atoms with E-state index in [1.807, 2.05) is 24.3 Å². The van der Waals surface area contributed by atoms with Gasteiger partial charge in [-0.15, -0.1) is 0 Å². The number of halogens is 2. The second-order valence-corrected chi connectivity index (χ2v) is 6.47. The number of rotatable bonds is 3. The minimum atomic E-state index is -0.390. The molecule has 4 heteroatoms. The van der Waals surface area contributed by atoms with Crippen LogP contribution in [0.15, 0.2) is 24.3 Å². The first-order valence-corrected chi connectivity index (χ1v) is 8.03. The Hall–Kier alpha value is -1.64. The third-order valence-corrected chi connectivity index (χ3v) is 5.23. The van der Waals surface area contributed by atoms with Gasteiger partial charge in [0.1, 0.15) is 0 Å². The zero-order valence-corrected chi connectivity index (χ0v) is 13.2. The maximum Gasteiger partial charge on any atom is 0.252 e. The Kier molecular flexibility index (Phi) is 3.14. The highest BCUT2D eigenvalue weighted by atomic mass is 35.5. The summed E-state index contributed by atoms with van der Waals surface area (Å²) in [5, 5.41) is -0.780. The Morgan fingerprint density at radius 1 is 0.636 bits per heavy atom. The van der Waals surface area contributed by atoms with Crippen LogP contribution in [0.2, 0.25) is 0 Å². The minimum absolute atomic E-state index is 0.390. The highest BCUT2D eigenvalue weighted by Crippen LogP contribution is 2.42. The average Bonchev–Trinajstić information content (AvgIpc) is 2.39. The van der Waals surface area contributed by atoms with Crippen molar-refractivity contribution < 1.29 is 9.59 Å². The minimum Gasteiger partial charge on any atom is -0.276 e. The molecule has 2 aromatic carbocycles. The molecule has 110 valence electrons. The van der Waals surface area contributed by atoms with Gasteiger partial charge in [0.05, 0.1) is 0 Å². The van der Waals surface area contributed by atoms with E-state index in [-0.39, 0.29) is 0 Å². The van der Waals surface area contributed by atoms with Gasteiger partial charge in [0.2, 0.25) is 0 Å². The maximum atomic E-state index is 11.5. The lowest BCUT2D eigenvalue weighted by molar-refractivity contribution is 0.107. The Bertz CT molecular complexity index is 781. The van der Waals surface area contributed by atoms with Crippen LogP contribution in [-0.4, -0.2) is 10.5 Å². The first-order valence-electron chi connectivity index (χ1n) is 7.27. The van der Waals surface area contributed by atoms with Gasteiger partial charge in [0, 0.05) is 11.1 Å². The molecule has 0 saturated heterocycles. The third-order valence-electron chi connectivity index (χ3n) is 4.83. The molecule has 0 N–H and O–H groups in total. The molecule has 0 heterocycles. The van der Waals surface area contributed by atoms with Crippen molar-refractivity contribution in [1.82, 2.24) is 0 Å². The molecule has 4 rings (SSSR count). The molecule has 0 radical (unpaired) electrons. The molecule has 2 aromatic rings. The van der Waals surface area contributed by atoms with Gasteiger partial charge in [-0.05, 0) is 94.4 Å². The first-order chi connectivity index (χ1) is 10.6. The third kappa shape index (κ3) is 1.87. The molecule has 0 saturated carbocycles. The Morgan fingerprint density at radius 3 is 1.27 bits per heavy atom. The van der Waals surface area contributed by atoms with Crippen molar-refractivity contribution in [3.63, 3.8) is 0 Å². The Labute approximate surface area is 138 Å². The Morgan fingerprint density at radius 2 is 1.00 bits per heavy atom. The molecule has 0 aliphatic heterocycles. The van der Waals surface area contributed by atoms with E-state index < -0.39 is 10.5 Å². The molecule has 0 amide bonds. The predicted molar refractivity (Wildman–Crippen MR) is 87.1 cm³/mol. The molecule has 0 atom stereocenters. The van der Waals surface area contributed by atoms with Gasteiger partial charge >= 0.3 is 0 Å². The van der Waals surface area contributed by atoms with Crippen LogP contribution in [0.25, 0.3) is 11.1 Å². The summed E-state index contributed by atoms with van der Waals surface area (Å²) in [5.41, 5.74) is 8.14. The fraction of sp³-hybridized carbons (Fsp3) is 0.222. The maximum absolute atomic E-state index is 11.5. The van der Waals surface area contributed by atoms with Gasteiger partial charge in [-0.3, -0.25) is 9.59 Å². The second kappa shape index (κ2) is 4.94. The average molecular weight is 331 g/mol.